The van der Waals surface area contributed by atoms with Gasteiger partial charge in [0.15, 0.2) is 0 Å². The van der Waals surface area contributed by atoms with Gasteiger partial charge in [0.05, 0.1) is 6.54 Å². The van der Waals surface area contributed by atoms with Crippen molar-refractivity contribution < 1.29 is 0 Å². The molecule has 0 unspecified atom stereocenters. The fourth-order valence-electron chi connectivity index (χ4n) is 6.42. The third kappa shape index (κ3) is 4.65. The number of likely N-dealkylation sites (tertiary alicyclic amines) is 2. The highest BCUT2D eigenvalue weighted by molar-refractivity contribution is 5.83. The maximum atomic E-state index is 4.26. The van der Waals surface area contributed by atoms with Crippen molar-refractivity contribution in [1.29, 1.82) is 0 Å². The first-order valence-electron chi connectivity index (χ1n) is 13.2. The van der Waals surface area contributed by atoms with Crippen LogP contribution in [0.1, 0.15) is 55.3 Å². The average molecular weight is 469 g/mol. The van der Waals surface area contributed by atoms with E-state index in [0.717, 1.165) is 19.5 Å². The van der Waals surface area contributed by atoms with E-state index in [4.69, 9.17) is 0 Å². The van der Waals surface area contributed by atoms with Crippen molar-refractivity contribution in [2.24, 2.45) is 0 Å². The Kier molecular flexibility index (Phi) is 6.40. The fraction of sp³-hybridized carbons (Fsp3) is 0.448. The topological polar surface area (TPSA) is 53.0 Å². The van der Waals surface area contributed by atoms with Crippen molar-refractivity contribution in [2.45, 2.75) is 63.7 Å². The van der Waals surface area contributed by atoms with E-state index < -0.39 is 0 Å². The van der Waals surface area contributed by atoms with E-state index in [1.165, 1.54) is 66.4 Å². The van der Waals surface area contributed by atoms with Gasteiger partial charge < -0.3 is 4.98 Å². The van der Waals surface area contributed by atoms with E-state index in [2.05, 4.69) is 86.5 Å². The SMILES string of the molecule is C[C@H]1[C@H](N2CCCC[C@@H]2c2ccccc2)CCN1CCc1c[nH]c2ccc(Cn3cncn3)cc12. The molecule has 35 heavy (non-hydrogen) atoms. The molecule has 0 spiro atoms. The van der Waals surface area contributed by atoms with Gasteiger partial charge in [0.2, 0.25) is 0 Å². The van der Waals surface area contributed by atoms with Gasteiger partial charge in [-0.1, -0.05) is 42.8 Å². The summed E-state index contributed by atoms with van der Waals surface area (Å²) < 4.78 is 1.88. The molecule has 182 valence electrons. The number of nitrogens with zero attached hydrogens (tertiary/aromatic N) is 5. The van der Waals surface area contributed by atoms with Crippen molar-refractivity contribution in [3.63, 3.8) is 0 Å². The number of aromatic nitrogens is 4. The largest absolute Gasteiger partial charge is 0.361 e. The van der Waals surface area contributed by atoms with Crippen LogP contribution in [0.25, 0.3) is 10.9 Å². The Labute approximate surface area is 208 Å². The van der Waals surface area contributed by atoms with Crippen molar-refractivity contribution in [2.75, 3.05) is 19.6 Å². The maximum absolute atomic E-state index is 4.26. The second-order valence-corrected chi connectivity index (χ2v) is 10.3. The lowest BCUT2D eigenvalue weighted by atomic mass is 9.92. The molecule has 2 aliphatic heterocycles. The molecule has 2 aromatic heterocycles. The molecule has 6 heteroatoms. The van der Waals surface area contributed by atoms with Gasteiger partial charge in [0.25, 0.3) is 0 Å². The molecule has 1 N–H and O–H groups in total. The molecule has 2 fully saturated rings. The van der Waals surface area contributed by atoms with Crippen molar-refractivity contribution >= 4 is 10.9 Å². The summed E-state index contributed by atoms with van der Waals surface area (Å²) >= 11 is 0. The highest BCUT2D eigenvalue weighted by Gasteiger charge is 2.38. The number of nitrogens with one attached hydrogen (secondary N) is 1. The molecule has 0 amide bonds. The van der Waals surface area contributed by atoms with E-state index >= 15 is 0 Å². The fourth-order valence-corrected chi connectivity index (χ4v) is 6.42. The van der Waals surface area contributed by atoms with Crippen LogP contribution in [-0.4, -0.2) is 61.3 Å². The molecule has 2 aliphatic rings. The van der Waals surface area contributed by atoms with Gasteiger partial charge in [0, 0.05) is 48.3 Å². The highest BCUT2D eigenvalue weighted by Crippen LogP contribution is 2.37. The first-order chi connectivity index (χ1) is 17.3. The molecule has 4 heterocycles. The van der Waals surface area contributed by atoms with Gasteiger partial charge in [-0.25, -0.2) is 9.67 Å². The quantitative estimate of drug-likeness (QED) is 0.413. The van der Waals surface area contributed by atoms with Crippen LogP contribution in [0.5, 0.6) is 0 Å². The maximum Gasteiger partial charge on any atom is 0.137 e. The molecule has 0 radical (unpaired) electrons. The molecule has 2 saturated heterocycles. The van der Waals surface area contributed by atoms with E-state index in [0.29, 0.717) is 18.1 Å². The molecule has 3 atom stereocenters. The van der Waals surface area contributed by atoms with E-state index in [1.807, 2.05) is 4.68 Å². The zero-order chi connectivity index (χ0) is 23.6. The number of piperidine rings is 1. The molecular weight excluding hydrogens is 432 g/mol. The Bertz CT molecular complexity index is 1230. The summed E-state index contributed by atoms with van der Waals surface area (Å²) in [6.07, 6.45) is 11.9. The second-order valence-electron chi connectivity index (χ2n) is 10.3. The van der Waals surface area contributed by atoms with Crippen LogP contribution in [0.4, 0.5) is 0 Å². The van der Waals surface area contributed by atoms with Crippen LogP contribution in [0, 0.1) is 0 Å². The predicted molar refractivity (Wildman–Crippen MR) is 140 cm³/mol. The molecule has 0 saturated carbocycles. The summed E-state index contributed by atoms with van der Waals surface area (Å²) in [5.74, 6) is 0. The Morgan fingerprint density at radius 2 is 1.94 bits per heavy atom. The number of H-pyrrole nitrogens is 1. The van der Waals surface area contributed by atoms with Gasteiger partial charge in [-0.2, -0.15) is 5.10 Å². The van der Waals surface area contributed by atoms with E-state index in [1.54, 1.807) is 12.7 Å². The second kappa shape index (κ2) is 9.96. The summed E-state index contributed by atoms with van der Waals surface area (Å²) in [4.78, 5) is 13.1. The number of hydrogen-bond donors (Lipinski definition) is 1. The zero-order valence-electron chi connectivity index (χ0n) is 20.7. The number of fused-ring (bicyclic) bond motifs is 1. The van der Waals surface area contributed by atoms with Gasteiger partial charge in [-0.05, 0) is 68.0 Å². The number of rotatable bonds is 7. The minimum absolute atomic E-state index is 0.578. The molecular formula is C29H36N6. The number of hydrogen-bond acceptors (Lipinski definition) is 4. The number of aromatic amines is 1. The Hall–Kier alpha value is -2.96. The molecule has 6 rings (SSSR count). The van der Waals surface area contributed by atoms with Crippen LogP contribution in [-0.2, 0) is 13.0 Å². The van der Waals surface area contributed by atoms with Gasteiger partial charge >= 0.3 is 0 Å². The van der Waals surface area contributed by atoms with E-state index in [-0.39, 0.29) is 0 Å². The summed E-state index contributed by atoms with van der Waals surface area (Å²) in [5.41, 5.74) is 5.39. The lowest BCUT2D eigenvalue weighted by molar-refractivity contribution is 0.0739. The average Bonchev–Trinajstić information content (AvgIpc) is 3.64. The Morgan fingerprint density at radius 3 is 2.80 bits per heavy atom. The van der Waals surface area contributed by atoms with Crippen LogP contribution in [0.3, 0.4) is 0 Å². The molecule has 4 aromatic rings. The third-order valence-corrected chi connectivity index (χ3v) is 8.31. The monoisotopic (exact) mass is 468 g/mol. The smallest absolute Gasteiger partial charge is 0.137 e. The summed E-state index contributed by atoms with van der Waals surface area (Å²) in [7, 11) is 0. The van der Waals surface area contributed by atoms with Gasteiger partial charge in [-0.15, -0.1) is 0 Å². The first-order valence-corrected chi connectivity index (χ1v) is 13.2. The summed E-state index contributed by atoms with van der Waals surface area (Å²) in [6, 6.07) is 19.7. The molecule has 6 nitrogen and oxygen atoms in total. The van der Waals surface area contributed by atoms with Gasteiger partial charge in [-0.3, -0.25) is 9.80 Å². The van der Waals surface area contributed by atoms with Crippen molar-refractivity contribution in [3.05, 3.63) is 84.1 Å². The normalized spacial score (nSPS) is 23.9. The lowest BCUT2D eigenvalue weighted by Crippen LogP contribution is -2.47. The minimum Gasteiger partial charge on any atom is -0.361 e. The summed E-state index contributed by atoms with van der Waals surface area (Å²) in [5, 5.41) is 5.59. The Balaban J connectivity index is 1.13. The highest BCUT2D eigenvalue weighted by atomic mass is 15.3. The van der Waals surface area contributed by atoms with Gasteiger partial charge in [0.1, 0.15) is 12.7 Å². The van der Waals surface area contributed by atoms with Crippen LogP contribution < -0.4 is 0 Å². The third-order valence-electron chi connectivity index (χ3n) is 8.31. The standard InChI is InChI=1S/C29H36N6/c1-22-28(35-14-6-5-9-29(35)24-7-3-2-4-8-24)13-16-33(22)15-12-25-18-31-27-11-10-23(17-26(25)27)19-34-21-30-20-32-34/h2-4,7-8,10-11,17-18,20-22,28-29,31H,5-6,9,12-16,19H2,1H3/t22-,28+,29+/m0/s1. The molecule has 2 aromatic carbocycles. The molecule has 0 aliphatic carbocycles. The zero-order valence-corrected chi connectivity index (χ0v) is 20.7. The van der Waals surface area contributed by atoms with Crippen LogP contribution in [0.15, 0.2) is 67.4 Å². The predicted octanol–water partition coefficient (Wildman–Crippen LogP) is 5.04. The van der Waals surface area contributed by atoms with Crippen LogP contribution in [0.2, 0.25) is 0 Å². The summed E-state index contributed by atoms with van der Waals surface area (Å²) in [6.45, 7) is 6.76. The molecule has 0 bridgehead atoms. The van der Waals surface area contributed by atoms with Crippen molar-refractivity contribution in [1.82, 2.24) is 29.5 Å². The Morgan fingerprint density at radius 1 is 1.03 bits per heavy atom. The van der Waals surface area contributed by atoms with Crippen LogP contribution >= 0.6 is 0 Å². The number of benzene rings is 2. The minimum atomic E-state index is 0.578. The van der Waals surface area contributed by atoms with E-state index in [9.17, 15) is 0 Å². The van der Waals surface area contributed by atoms with Crippen molar-refractivity contribution in [3.8, 4) is 0 Å². The lowest BCUT2D eigenvalue weighted by Gasteiger charge is -2.42. The first kappa shape index (κ1) is 22.5.